The number of carbonyl (C=O) groups excluding carboxylic acids is 1. The SMILES string of the molecule is CCNC(=NCc1ccccc1CN1CCCC1=O)NCC1CN(CC(C)C)CCO1. The van der Waals surface area contributed by atoms with E-state index in [2.05, 4.69) is 48.4 Å². The maximum atomic E-state index is 12.0. The highest BCUT2D eigenvalue weighted by molar-refractivity contribution is 5.80. The molecule has 2 heterocycles. The van der Waals surface area contributed by atoms with E-state index in [0.29, 0.717) is 25.4 Å². The number of amides is 1. The molecular formula is C24H39N5O2. The summed E-state index contributed by atoms with van der Waals surface area (Å²) in [5.41, 5.74) is 2.34. The first-order valence-corrected chi connectivity index (χ1v) is 11.8. The van der Waals surface area contributed by atoms with E-state index in [1.165, 1.54) is 5.56 Å². The van der Waals surface area contributed by atoms with Crippen molar-refractivity contribution < 1.29 is 9.53 Å². The van der Waals surface area contributed by atoms with Crippen molar-refractivity contribution in [1.82, 2.24) is 20.4 Å². The van der Waals surface area contributed by atoms with Crippen molar-refractivity contribution in [2.45, 2.75) is 52.8 Å². The zero-order valence-electron chi connectivity index (χ0n) is 19.4. The molecule has 0 saturated carbocycles. The predicted octanol–water partition coefficient (Wildman–Crippen LogP) is 2.22. The van der Waals surface area contributed by atoms with Gasteiger partial charge in [0.2, 0.25) is 5.91 Å². The molecule has 3 rings (SSSR count). The zero-order valence-corrected chi connectivity index (χ0v) is 19.4. The van der Waals surface area contributed by atoms with Gasteiger partial charge in [-0.15, -0.1) is 0 Å². The van der Waals surface area contributed by atoms with E-state index in [4.69, 9.17) is 9.73 Å². The van der Waals surface area contributed by atoms with E-state index in [1.807, 2.05) is 17.0 Å². The number of nitrogens with one attached hydrogen (secondary N) is 2. The van der Waals surface area contributed by atoms with Crippen molar-refractivity contribution in [2.24, 2.45) is 10.9 Å². The van der Waals surface area contributed by atoms with Crippen LogP contribution in [0, 0.1) is 5.92 Å². The maximum Gasteiger partial charge on any atom is 0.222 e. The van der Waals surface area contributed by atoms with Crippen LogP contribution >= 0.6 is 0 Å². The predicted molar refractivity (Wildman–Crippen MR) is 125 cm³/mol. The Bertz CT molecular complexity index is 736. The highest BCUT2D eigenvalue weighted by atomic mass is 16.5. The van der Waals surface area contributed by atoms with Gasteiger partial charge in [-0.2, -0.15) is 0 Å². The number of benzene rings is 1. The van der Waals surface area contributed by atoms with Gasteiger partial charge < -0.3 is 20.3 Å². The van der Waals surface area contributed by atoms with Crippen molar-refractivity contribution >= 4 is 11.9 Å². The van der Waals surface area contributed by atoms with E-state index >= 15 is 0 Å². The first-order valence-electron chi connectivity index (χ1n) is 11.8. The minimum atomic E-state index is 0.171. The van der Waals surface area contributed by atoms with Gasteiger partial charge in [-0.1, -0.05) is 38.1 Å². The summed E-state index contributed by atoms with van der Waals surface area (Å²) in [5, 5.41) is 6.80. The number of ether oxygens (including phenoxy) is 1. The molecule has 2 saturated heterocycles. The highest BCUT2D eigenvalue weighted by Crippen LogP contribution is 2.18. The van der Waals surface area contributed by atoms with Crippen LogP contribution in [0.4, 0.5) is 0 Å². The van der Waals surface area contributed by atoms with E-state index in [1.54, 1.807) is 0 Å². The van der Waals surface area contributed by atoms with Crippen LogP contribution in [0.25, 0.3) is 0 Å². The van der Waals surface area contributed by atoms with Crippen molar-refractivity contribution in [3.05, 3.63) is 35.4 Å². The van der Waals surface area contributed by atoms with Crippen LogP contribution in [-0.2, 0) is 22.6 Å². The second-order valence-corrected chi connectivity index (χ2v) is 8.91. The van der Waals surface area contributed by atoms with Crippen LogP contribution in [0.1, 0.15) is 44.7 Å². The van der Waals surface area contributed by atoms with E-state index in [9.17, 15) is 4.79 Å². The van der Waals surface area contributed by atoms with Crippen molar-refractivity contribution in [3.63, 3.8) is 0 Å². The highest BCUT2D eigenvalue weighted by Gasteiger charge is 2.22. The Morgan fingerprint density at radius 3 is 2.74 bits per heavy atom. The summed E-state index contributed by atoms with van der Waals surface area (Å²) >= 11 is 0. The number of aliphatic imine (C=N–C) groups is 1. The summed E-state index contributed by atoms with van der Waals surface area (Å²) in [4.78, 5) is 21.3. The third-order valence-corrected chi connectivity index (χ3v) is 5.75. The molecule has 2 fully saturated rings. The quantitative estimate of drug-likeness (QED) is 0.465. The lowest BCUT2D eigenvalue weighted by Crippen LogP contribution is -2.50. The summed E-state index contributed by atoms with van der Waals surface area (Å²) in [6.07, 6.45) is 1.81. The number of morpholine rings is 1. The Kier molecular flexibility index (Phi) is 9.15. The summed E-state index contributed by atoms with van der Waals surface area (Å²) in [6.45, 7) is 14.1. The van der Waals surface area contributed by atoms with Crippen molar-refractivity contribution in [2.75, 3.05) is 45.9 Å². The molecular weight excluding hydrogens is 390 g/mol. The van der Waals surface area contributed by atoms with Gasteiger partial charge in [0, 0.05) is 52.2 Å². The Morgan fingerprint density at radius 1 is 1.23 bits per heavy atom. The first kappa shape index (κ1) is 23.5. The largest absolute Gasteiger partial charge is 0.374 e. The third-order valence-electron chi connectivity index (χ3n) is 5.75. The number of nitrogens with zero attached hydrogens (tertiary/aromatic N) is 3. The fraction of sp³-hybridized carbons (Fsp3) is 0.667. The van der Waals surface area contributed by atoms with Crippen molar-refractivity contribution in [3.8, 4) is 0 Å². The Hall–Kier alpha value is -2.12. The molecule has 172 valence electrons. The number of guanidine groups is 1. The maximum absolute atomic E-state index is 12.0. The molecule has 7 nitrogen and oxygen atoms in total. The number of likely N-dealkylation sites (tertiary alicyclic amines) is 1. The number of hydrogen-bond donors (Lipinski definition) is 2. The molecule has 2 aliphatic heterocycles. The van der Waals surface area contributed by atoms with Crippen LogP contribution in [0.2, 0.25) is 0 Å². The van der Waals surface area contributed by atoms with Crippen LogP contribution in [0.5, 0.6) is 0 Å². The Morgan fingerprint density at radius 2 is 2.03 bits per heavy atom. The summed E-state index contributed by atoms with van der Waals surface area (Å²) in [7, 11) is 0. The molecule has 1 amide bonds. The monoisotopic (exact) mass is 429 g/mol. The van der Waals surface area contributed by atoms with E-state index in [-0.39, 0.29) is 12.0 Å². The standard InChI is InChI=1S/C24H39N5O2/c1-4-25-24(27-15-22-18-28(12-13-31-22)16-19(2)3)26-14-20-8-5-6-9-21(20)17-29-11-7-10-23(29)30/h5-6,8-9,19,22H,4,7,10-18H2,1-3H3,(H2,25,26,27). The first-order chi connectivity index (χ1) is 15.0. The Balaban J connectivity index is 1.56. The molecule has 2 aliphatic rings. The zero-order chi connectivity index (χ0) is 22.1. The third kappa shape index (κ3) is 7.51. The molecule has 0 bridgehead atoms. The van der Waals surface area contributed by atoms with Gasteiger partial charge in [0.1, 0.15) is 0 Å². The molecule has 0 radical (unpaired) electrons. The molecule has 1 atom stereocenters. The molecule has 1 unspecified atom stereocenters. The summed E-state index contributed by atoms with van der Waals surface area (Å²) < 4.78 is 5.96. The fourth-order valence-electron chi connectivity index (χ4n) is 4.25. The second-order valence-electron chi connectivity index (χ2n) is 8.91. The molecule has 31 heavy (non-hydrogen) atoms. The van der Waals surface area contributed by atoms with Crippen LogP contribution < -0.4 is 10.6 Å². The number of hydrogen-bond acceptors (Lipinski definition) is 4. The van der Waals surface area contributed by atoms with E-state index < -0.39 is 0 Å². The average Bonchev–Trinajstić information content (AvgIpc) is 3.15. The van der Waals surface area contributed by atoms with Gasteiger partial charge in [0.05, 0.1) is 19.3 Å². The molecule has 2 N–H and O–H groups in total. The lowest BCUT2D eigenvalue weighted by atomic mass is 10.1. The average molecular weight is 430 g/mol. The molecule has 7 heteroatoms. The smallest absolute Gasteiger partial charge is 0.222 e. The van der Waals surface area contributed by atoms with Gasteiger partial charge in [0.15, 0.2) is 5.96 Å². The fourth-order valence-corrected chi connectivity index (χ4v) is 4.25. The molecule has 0 aromatic heterocycles. The van der Waals surface area contributed by atoms with Crippen LogP contribution in [-0.4, -0.2) is 73.6 Å². The molecule has 0 aliphatic carbocycles. The lowest BCUT2D eigenvalue weighted by molar-refractivity contribution is -0.128. The number of carbonyl (C=O) groups is 1. The second kappa shape index (κ2) is 12.1. The van der Waals surface area contributed by atoms with Gasteiger partial charge >= 0.3 is 0 Å². The minimum Gasteiger partial charge on any atom is -0.374 e. The van der Waals surface area contributed by atoms with Crippen LogP contribution in [0.15, 0.2) is 29.3 Å². The minimum absolute atomic E-state index is 0.171. The summed E-state index contributed by atoms with van der Waals surface area (Å²) in [6, 6.07) is 8.29. The lowest BCUT2D eigenvalue weighted by Gasteiger charge is -2.34. The Labute approximate surface area is 187 Å². The number of rotatable bonds is 9. The van der Waals surface area contributed by atoms with Gasteiger partial charge in [0.25, 0.3) is 0 Å². The van der Waals surface area contributed by atoms with Gasteiger partial charge in [-0.3, -0.25) is 9.69 Å². The van der Waals surface area contributed by atoms with Crippen LogP contribution in [0.3, 0.4) is 0 Å². The molecule has 1 aromatic carbocycles. The summed E-state index contributed by atoms with van der Waals surface area (Å²) in [5.74, 6) is 1.73. The van der Waals surface area contributed by atoms with Gasteiger partial charge in [-0.05, 0) is 30.4 Å². The molecule has 0 spiro atoms. The van der Waals surface area contributed by atoms with Gasteiger partial charge in [-0.25, -0.2) is 4.99 Å². The van der Waals surface area contributed by atoms with E-state index in [0.717, 1.165) is 63.8 Å². The normalized spacial score (nSPS) is 20.5. The molecule has 1 aromatic rings. The topological polar surface area (TPSA) is 69.2 Å². The van der Waals surface area contributed by atoms with Crippen molar-refractivity contribution in [1.29, 1.82) is 0 Å².